The van der Waals surface area contributed by atoms with Gasteiger partial charge in [-0.25, -0.2) is 0 Å². The van der Waals surface area contributed by atoms with Crippen LogP contribution in [0, 0.1) is 17.3 Å². The summed E-state index contributed by atoms with van der Waals surface area (Å²) in [6.45, 7) is 3.26. The van der Waals surface area contributed by atoms with E-state index in [4.69, 9.17) is 4.74 Å². The van der Waals surface area contributed by atoms with Crippen molar-refractivity contribution in [3.63, 3.8) is 0 Å². The van der Waals surface area contributed by atoms with Crippen LogP contribution in [-0.2, 0) is 9.53 Å². The lowest BCUT2D eigenvalue weighted by Crippen LogP contribution is -2.65. The van der Waals surface area contributed by atoms with Crippen LogP contribution in [0.25, 0.3) is 0 Å². The molecule has 3 fully saturated rings. The monoisotopic (exact) mass is 579 g/mol. The third-order valence-corrected chi connectivity index (χ3v) is 10.6. The van der Waals surface area contributed by atoms with Crippen LogP contribution in [0.1, 0.15) is 73.7 Å². The molecule has 1 saturated heterocycles. The molecule has 0 spiro atoms. The lowest BCUT2D eigenvalue weighted by Gasteiger charge is -2.56. The highest BCUT2D eigenvalue weighted by molar-refractivity contribution is 5.94. The lowest BCUT2D eigenvalue weighted by molar-refractivity contribution is -0.362. The molecule has 10 heteroatoms. The van der Waals surface area contributed by atoms with E-state index in [1.54, 1.807) is 35.2 Å². The molecular formula is C31H34F5NO4. The second-order valence-electron chi connectivity index (χ2n) is 12.5. The van der Waals surface area contributed by atoms with Crippen molar-refractivity contribution in [3.05, 3.63) is 58.2 Å². The molecule has 0 radical (unpaired) electrons. The number of hydrogen-bond donors (Lipinski definition) is 1. The third kappa shape index (κ3) is 4.22. The van der Waals surface area contributed by atoms with Crippen LogP contribution >= 0.6 is 0 Å². The normalized spacial score (nSPS) is 34.1. The Morgan fingerprint density at radius 2 is 1.71 bits per heavy atom. The number of morpholine rings is 1. The van der Waals surface area contributed by atoms with Crippen LogP contribution < -0.4 is 0 Å². The first kappa shape index (κ1) is 28.5. The van der Waals surface area contributed by atoms with Gasteiger partial charge in [-0.3, -0.25) is 9.59 Å². The highest BCUT2D eigenvalue weighted by Gasteiger charge is 2.79. The van der Waals surface area contributed by atoms with Crippen molar-refractivity contribution >= 4 is 11.7 Å². The zero-order chi connectivity index (χ0) is 29.4. The quantitative estimate of drug-likeness (QED) is 0.447. The summed E-state index contributed by atoms with van der Waals surface area (Å²) in [7, 11) is 0. The van der Waals surface area contributed by atoms with Crippen molar-refractivity contribution in [3.8, 4) is 0 Å². The highest BCUT2D eigenvalue weighted by atomic mass is 19.4. The number of carbonyl (C=O) groups is 2. The number of halogens is 5. The minimum atomic E-state index is -5.89. The van der Waals surface area contributed by atoms with Crippen molar-refractivity contribution in [2.45, 2.75) is 75.5 Å². The number of ether oxygens (including phenoxy) is 1. The topological polar surface area (TPSA) is 66.8 Å². The van der Waals surface area contributed by atoms with Gasteiger partial charge in [-0.2, -0.15) is 22.0 Å². The maximum Gasteiger partial charge on any atom is 0.456 e. The molecule has 6 rings (SSSR count). The average Bonchev–Trinajstić information content (AvgIpc) is 3.23. The molecule has 1 heterocycles. The Morgan fingerprint density at radius 1 is 1.02 bits per heavy atom. The molecule has 1 amide bonds. The van der Waals surface area contributed by atoms with Crippen molar-refractivity contribution < 1.29 is 41.4 Å². The molecule has 2 saturated carbocycles. The molecule has 5 aliphatic rings. The highest BCUT2D eigenvalue weighted by Crippen LogP contribution is 2.70. The molecule has 1 aliphatic heterocycles. The number of rotatable bonds is 3. The van der Waals surface area contributed by atoms with Crippen molar-refractivity contribution in [2.24, 2.45) is 17.3 Å². The molecule has 5 atom stereocenters. The van der Waals surface area contributed by atoms with E-state index in [1.165, 1.54) is 6.92 Å². The second-order valence-corrected chi connectivity index (χ2v) is 12.5. The number of amides is 1. The standard InChI is InChI=1S/C31H34F5NO4/c1-28-17-24(18-2-4-19(5-3-18)27(39)37-12-14-41-15-13-37)26-22-9-7-21(38)16-20(22)6-8-23(26)25(28)10-11-29(28,40)30(32,33)31(34,35)36/h2-5,16,23-25,40H,6-15,17H2,1H3/t23-,24+,25-,28-,29+/m0/s1. The van der Waals surface area contributed by atoms with Gasteiger partial charge >= 0.3 is 12.1 Å². The number of aliphatic hydroxyl groups is 1. The van der Waals surface area contributed by atoms with Gasteiger partial charge in [0.05, 0.1) is 13.2 Å². The number of allylic oxidation sites excluding steroid dienone is 4. The fourth-order valence-electron chi connectivity index (χ4n) is 8.52. The molecule has 1 aromatic rings. The van der Waals surface area contributed by atoms with Crippen LogP contribution in [0.2, 0.25) is 0 Å². The molecule has 0 unspecified atom stereocenters. The molecule has 1 aromatic carbocycles. The van der Waals surface area contributed by atoms with E-state index in [9.17, 15) is 27.9 Å². The smallest absolute Gasteiger partial charge is 0.383 e. The van der Waals surface area contributed by atoms with Gasteiger partial charge in [0.1, 0.15) is 5.60 Å². The van der Waals surface area contributed by atoms with Crippen molar-refractivity contribution in [1.29, 1.82) is 0 Å². The number of ketones is 1. The summed E-state index contributed by atoms with van der Waals surface area (Å²) < 4.78 is 76.8. The Kier molecular flexibility index (Phi) is 6.77. The predicted molar refractivity (Wildman–Crippen MR) is 139 cm³/mol. The third-order valence-electron chi connectivity index (χ3n) is 10.6. The van der Waals surface area contributed by atoms with Crippen LogP contribution in [0.5, 0.6) is 0 Å². The minimum Gasteiger partial charge on any atom is -0.383 e. The van der Waals surface area contributed by atoms with E-state index in [-0.39, 0.29) is 30.4 Å². The largest absolute Gasteiger partial charge is 0.456 e. The number of nitrogens with zero attached hydrogens (tertiary/aromatic N) is 1. The summed E-state index contributed by atoms with van der Waals surface area (Å²) in [5.41, 5.74) is -0.851. The molecular weight excluding hydrogens is 545 g/mol. The van der Waals surface area contributed by atoms with Gasteiger partial charge in [0, 0.05) is 36.4 Å². The summed E-state index contributed by atoms with van der Waals surface area (Å²) in [6.07, 6.45) is -2.99. The Hall–Kier alpha value is -2.59. The fraction of sp³-hybridized carbons (Fsp3) is 0.613. The Labute approximate surface area is 235 Å². The molecule has 5 nitrogen and oxygen atoms in total. The van der Waals surface area contributed by atoms with Gasteiger partial charge in [-0.15, -0.1) is 0 Å². The molecule has 222 valence electrons. The van der Waals surface area contributed by atoms with Gasteiger partial charge in [-0.1, -0.05) is 24.6 Å². The van der Waals surface area contributed by atoms with Crippen LogP contribution in [0.3, 0.4) is 0 Å². The van der Waals surface area contributed by atoms with E-state index >= 15 is 8.78 Å². The predicted octanol–water partition coefficient (Wildman–Crippen LogP) is 5.99. The number of carbonyl (C=O) groups excluding carboxylic acids is 2. The zero-order valence-corrected chi connectivity index (χ0v) is 22.9. The van der Waals surface area contributed by atoms with Gasteiger partial charge in [-0.05, 0) is 85.3 Å². The van der Waals surface area contributed by atoms with Crippen LogP contribution in [0.4, 0.5) is 22.0 Å². The first-order valence-electron chi connectivity index (χ1n) is 14.4. The number of benzene rings is 1. The maximum absolute atomic E-state index is 15.1. The number of alkyl halides is 5. The van der Waals surface area contributed by atoms with E-state index in [1.807, 2.05) is 0 Å². The van der Waals surface area contributed by atoms with E-state index < -0.39 is 41.4 Å². The van der Waals surface area contributed by atoms with Gasteiger partial charge < -0.3 is 14.7 Å². The molecule has 41 heavy (non-hydrogen) atoms. The van der Waals surface area contributed by atoms with Gasteiger partial charge in [0.15, 0.2) is 5.78 Å². The van der Waals surface area contributed by atoms with Crippen molar-refractivity contribution in [2.75, 3.05) is 26.3 Å². The average molecular weight is 580 g/mol. The summed E-state index contributed by atoms with van der Waals surface area (Å²) in [4.78, 5) is 26.9. The summed E-state index contributed by atoms with van der Waals surface area (Å²) in [6, 6.07) is 6.87. The maximum atomic E-state index is 15.1. The van der Waals surface area contributed by atoms with Gasteiger partial charge in [0.2, 0.25) is 0 Å². The summed E-state index contributed by atoms with van der Waals surface area (Å²) in [5.74, 6) is -6.77. The number of hydrogen-bond acceptors (Lipinski definition) is 4. The molecule has 0 bridgehead atoms. The first-order valence-corrected chi connectivity index (χ1v) is 14.4. The summed E-state index contributed by atoms with van der Waals surface area (Å²) >= 11 is 0. The number of fused-ring (bicyclic) bond motifs is 4. The van der Waals surface area contributed by atoms with Crippen molar-refractivity contribution in [1.82, 2.24) is 4.90 Å². The Bertz CT molecular complexity index is 1310. The minimum absolute atomic E-state index is 0.0334. The van der Waals surface area contributed by atoms with E-state index in [0.29, 0.717) is 63.1 Å². The molecule has 4 aliphatic carbocycles. The Balaban J connectivity index is 1.44. The molecule has 1 N–H and O–H groups in total. The van der Waals surface area contributed by atoms with Crippen LogP contribution in [0.15, 0.2) is 47.1 Å². The second kappa shape index (κ2) is 9.73. The van der Waals surface area contributed by atoms with Gasteiger partial charge in [0.25, 0.3) is 5.91 Å². The zero-order valence-electron chi connectivity index (χ0n) is 22.9. The fourth-order valence-corrected chi connectivity index (χ4v) is 8.52. The Morgan fingerprint density at radius 3 is 2.37 bits per heavy atom. The summed E-state index contributed by atoms with van der Waals surface area (Å²) in [5, 5.41) is 11.4. The first-order chi connectivity index (χ1) is 19.3. The SMILES string of the molecule is C[C@]12C[C@H](c3ccc(C(=O)N4CCOCC4)cc3)C3=C4CCC(=O)C=C4CC[C@H]3[C@@H]1CC[C@]2(O)C(F)(F)C(F)(F)F. The van der Waals surface area contributed by atoms with Crippen LogP contribution in [-0.4, -0.2) is 65.7 Å². The molecule has 0 aromatic heterocycles. The van der Waals surface area contributed by atoms with E-state index in [2.05, 4.69) is 0 Å². The van der Waals surface area contributed by atoms with E-state index in [0.717, 1.165) is 16.7 Å². The lowest BCUT2D eigenvalue weighted by atomic mass is 9.50.